The molecule has 0 amide bonds. The van der Waals surface area contributed by atoms with Crippen LogP contribution in [-0.4, -0.2) is 21.3 Å². The van der Waals surface area contributed by atoms with Crippen LogP contribution >= 0.6 is 11.8 Å². The van der Waals surface area contributed by atoms with Gasteiger partial charge in [0.05, 0.1) is 5.56 Å². The Hall–Kier alpha value is -1.03. The van der Waals surface area contributed by atoms with Crippen LogP contribution in [0.4, 0.5) is 0 Å². The van der Waals surface area contributed by atoms with Crippen molar-refractivity contribution in [2.75, 3.05) is 0 Å². The zero-order valence-corrected chi connectivity index (χ0v) is 10.8. The van der Waals surface area contributed by atoms with Gasteiger partial charge in [0.2, 0.25) is 0 Å². The Labute approximate surface area is 106 Å². The van der Waals surface area contributed by atoms with E-state index in [1.165, 1.54) is 38.3 Å². The first-order valence-corrected chi connectivity index (χ1v) is 6.91. The number of carboxylic acid groups (broad SMARTS) is 1. The highest BCUT2D eigenvalue weighted by Crippen LogP contribution is 2.35. The molecule has 0 aliphatic heterocycles. The summed E-state index contributed by atoms with van der Waals surface area (Å²) in [5.74, 6) is -0.879. The van der Waals surface area contributed by atoms with Crippen LogP contribution in [0.15, 0.2) is 17.2 Å². The Bertz CT molecular complexity index is 414. The smallest absolute Gasteiger partial charge is 0.338 e. The van der Waals surface area contributed by atoms with Crippen molar-refractivity contribution >= 4 is 17.7 Å². The molecule has 17 heavy (non-hydrogen) atoms. The second kappa shape index (κ2) is 5.54. The van der Waals surface area contributed by atoms with E-state index in [0.29, 0.717) is 10.8 Å². The van der Waals surface area contributed by atoms with Crippen molar-refractivity contribution < 1.29 is 9.90 Å². The molecular formula is C13H17NO2S. The second-order valence-electron chi connectivity index (χ2n) is 4.50. The number of thioether (sulfide) groups is 1. The van der Waals surface area contributed by atoms with Gasteiger partial charge in [0.15, 0.2) is 0 Å². The van der Waals surface area contributed by atoms with E-state index >= 15 is 0 Å². The normalized spacial score (nSPS) is 17.0. The Morgan fingerprint density at radius 2 is 2.12 bits per heavy atom. The van der Waals surface area contributed by atoms with Gasteiger partial charge < -0.3 is 5.11 Å². The van der Waals surface area contributed by atoms with Gasteiger partial charge in [-0.25, -0.2) is 4.79 Å². The summed E-state index contributed by atoms with van der Waals surface area (Å²) in [5, 5.41) is 9.71. The van der Waals surface area contributed by atoms with E-state index in [4.69, 9.17) is 5.11 Å². The number of hydrogen-bond acceptors (Lipinski definition) is 3. The second-order valence-corrected chi connectivity index (χ2v) is 5.85. The Kier molecular flexibility index (Phi) is 4.05. The largest absolute Gasteiger partial charge is 0.478 e. The number of aryl methyl sites for hydroxylation is 1. The predicted molar refractivity (Wildman–Crippen MR) is 68.7 cm³/mol. The van der Waals surface area contributed by atoms with Crippen LogP contribution in [0.2, 0.25) is 0 Å². The monoisotopic (exact) mass is 251 g/mol. The fraction of sp³-hybridized carbons (Fsp3) is 0.538. The van der Waals surface area contributed by atoms with Crippen LogP contribution < -0.4 is 0 Å². The van der Waals surface area contributed by atoms with Crippen molar-refractivity contribution in [1.29, 1.82) is 0 Å². The average molecular weight is 251 g/mol. The molecule has 0 atom stereocenters. The summed E-state index contributed by atoms with van der Waals surface area (Å²) in [5.41, 5.74) is 1.22. The molecule has 1 aromatic rings. The molecule has 0 saturated heterocycles. The van der Waals surface area contributed by atoms with Crippen LogP contribution in [0.1, 0.15) is 48.2 Å². The van der Waals surface area contributed by atoms with Crippen LogP contribution in [0, 0.1) is 6.92 Å². The molecule has 0 bridgehead atoms. The molecule has 1 aliphatic rings. The fourth-order valence-corrected chi connectivity index (χ4v) is 3.59. The van der Waals surface area contributed by atoms with Gasteiger partial charge in [-0.05, 0) is 25.8 Å². The number of aromatic nitrogens is 1. The first kappa shape index (κ1) is 12.4. The van der Waals surface area contributed by atoms with Crippen molar-refractivity contribution in [2.45, 2.75) is 49.2 Å². The lowest BCUT2D eigenvalue weighted by Gasteiger charge is -2.21. The predicted octanol–water partition coefficient (Wildman–Crippen LogP) is 3.51. The minimum Gasteiger partial charge on any atom is -0.478 e. The Morgan fingerprint density at radius 3 is 2.76 bits per heavy atom. The molecule has 0 aromatic carbocycles. The number of rotatable bonds is 3. The molecule has 1 aliphatic carbocycles. The lowest BCUT2D eigenvalue weighted by atomic mass is 10.0. The van der Waals surface area contributed by atoms with E-state index in [2.05, 4.69) is 4.98 Å². The lowest BCUT2D eigenvalue weighted by molar-refractivity contribution is 0.0692. The van der Waals surface area contributed by atoms with Crippen LogP contribution in [0.5, 0.6) is 0 Å². The summed E-state index contributed by atoms with van der Waals surface area (Å²) in [7, 11) is 0. The Morgan fingerprint density at radius 1 is 1.41 bits per heavy atom. The molecule has 0 spiro atoms. The van der Waals surface area contributed by atoms with Crippen molar-refractivity contribution in [3.63, 3.8) is 0 Å². The van der Waals surface area contributed by atoms with E-state index < -0.39 is 5.97 Å². The molecule has 3 nitrogen and oxygen atoms in total. The maximum atomic E-state index is 11.1. The van der Waals surface area contributed by atoms with Gasteiger partial charge in [0.1, 0.15) is 0 Å². The van der Waals surface area contributed by atoms with E-state index in [1.54, 1.807) is 11.8 Å². The van der Waals surface area contributed by atoms with Crippen LogP contribution in [-0.2, 0) is 0 Å². The molecule has 2 rings (SSSR count). The van der Waals surface area contributed by atoms with Crippen molar-refractivity contribution in [3.8, 4) is 0 Å². The van der Waals surface area contributed by atoms with Gasteiger partial charge in [-0.15, -0.1) is 11.8 Å². The Balaban J connectivity index is 2.17. The number of carboxylic acids is 1. The van der Waals surface area contributed by atoms with Crippen LogP contribution in [0.25, 0.3) is 0 Å². The zero-order valence-electron chi connectivity index (χ0n) is 9.98. The summed E-state index contributed by atoms with van der Waals surface area (Å²) < 4.78 is 0. The van der Waals surface area contributed by atoms with Crippen LogP contribution in [0.3, 0.4) is 0 Å². The maximum Gasteiger partial charge on any atom is 0.338 e. The molecule has 4 heteroatoms. The molecule has 0 unspecified atom stereocenters. The lowest BCUT2D eigenvalue weighted by Crippen LogP contribution is -2.09. The summed E-state index contributed by atoms with van der Waals surface area (Å²) in [6.07, 6.45) is 7.73. The van der Waals surface area contributed by atoms with Gasteiger partial charge in [-0.1, -0.05) is 19.3 Å². The number of pyridine rings is 1. The minimum atomic E-state index is -0.879. The molecular weight excluding hydrogens is 234 g/mol. The molecule has 0 radical (unpaired) electrons. The first-order chi connectivity index (χ1) is 8.16. The van der Waals surface area contributed by atoms with E-state index in [9.17, 15) is 4.79 Å². The fourth-order valence-electron chi connectivity index (χ4n) is 2.16. The third kappa shape index (κ3) is 3.22. The minimum absolute atomic E-state index is 0.339. The third-order valence-electron chi connectivity index (χ3n) is 3.08. The average Bonchev–Trinajstić information content (AvgIpc) is 2.30. The highest BCUT2D eigenvalue weighted by atomic mass is 32.2. The van der Waals surface area contributed by atoms with Crippen molar-refractivity contribution in [2.24, 2.45) is 0 Å². The quantitative estimate of drug-likeness (QED) is 0.893. The van der Waals surface area contributed by atoms with E-state index in [-0.39, 0.29) is 0 Å². The van der Waals surface area contributed by atoms with E-state index in [1.807, 2.05) is 13.0 Å². The highest BCUT2D eigenvalue weighted by Gasteiger charge is 2.18. The summed E-state index contributed by atoms with van der Waals surface area (Å²) >= 11 is 1.71. The molecule has 1 aromatic heterocycles. The standard InChI is InChI=1S/C13H17NO2S/c1-9-7-12(11(8-14-9)13(15)16)17-10-5-3-2-4-6-10/h7-8,10H,2-6H2,1H3,(H,15,16). The third-order valence-corrected chi connectivity index (χ3v) is 4.48. The van der Waals surface area contributed by atoms with E-state index in [0.717, 1.165) is 10.6 Å². The highest BCUT2D eigenvalue weighted by molar-refractivity contribution is 8.00. The summed E-state index contributed by atoms with van der Waals surface area (Å²) in [6.45, 7) is 1.90. The van der Waals surface area contributed by atoms with Gasteiger partial charge in [-0.2, -0.15) is 0 Å². The molecule has 92 valence electrons. The molecule has 1 saturated carbocycles. The van der Waals surface area contributed by atoms with Gasteiger partial charge >= 0.3 is 5.97 Å². The maximum absolute atomic E-state index is 11.1. The SMILES string of the molecule is Cc1cc(SC2CCCCC2)c(C(=O)O)cn1. The van der Waals surface area contributed by atoms with Gasteiger partial charge in [-0.3, -0.25) is 4.98 Å². The topological polar surface area (TPSA) is 50.2 Å². The van der Waals surface area contributed by atoms with Gasteiger partial charge in [0.25, 0.3) is 0 Å². The number of aromatic carboxylic acids is 1. The zero-order chi connectivity index (χ0) is 12.3. The first-order valence-electron chi connectivity index (χ1n) is 6.03. The molecule has 1 fully saturated rings. The van der Waals surface area contributed by atoms with Crippen molar-refractivity contribution in [3.05, 3.63) is 23.5 Å². The number of nitrogens with zero attached hydrogens (tertiary/aromatic N) is 1. The summed E-state index contributed by atoms with van der Waals surface area (Å²) in [4.78, 5) is 16.1. The summed E-state index contributed by atoms with van der Waals surface area (Å²) in [6, 6.07) is 1.89. The van der Waals surface area contributed by atoms with Gasteiger partial charge in [0, 0.05) is 22.0 Å². The van der Waals surface area contributed by atoms with Crippen molar-refractivity contribution in [1.82, 2.24) is 4.98 Å². The number of carbonyl (C=O) groups is 1. The molecule has 1 heterocycles. The number of hydrogen-bond donors (Lipinski definition) is 1. The molecule has 1 N–H and O–H groups in total.